The molecule has 9 heteroatoms. The molecule has 1 atom stereocenters. The second-order valence-electron chi connectivity index (χ2n) is 9.66. The Morgan fingerprint density at radius 3 is 2.56 bits per heavy atom. The van der Waals surface area contributed by atoms with Crippen LogP contribution in [0.25, 0.3) is 17.0 Å². The monoisotopic (exact) mass is 601 g/mol. The van der Waals surface area contributed by atoms with Gasteiger partial charge in [0.15, 0.2) is 4.80 Å². The first kappa shape index (κ1) is 27.3. The normalized spacial score (nSPS) is 15.2. The smallest absolute Gasteiger partial charge is 0.338 e. The minimum atomic E-state index is -0.634. The van der Waals surface area contributed by atoms with Crippen molar-refractivity contribution in [3.05, 3.63) is 137 Å². The largest absolute Gasteiger partial charge is 0.466 e. The van der Waals surface area contributed by atoms with Crippen LogP contribution in [0.4, 0.5) is 0 Å². The van der Waals surface area contributed by atoms with Gasteiger partial charge in [0, 0.05) is 39.3 Å². The van der Waals surface area contributed by atoms with Gasteiger partial charge in [-0.3, -0.25) is 9.36 Å². The van der Waals surface area contributed by atoms with Gasteiger partial charge in [0.25, 0.3) is 5.56 Å². The predicted octanol–water partition coefficient (Wildman–Crippen LogP) is 6.11. The van der Waals surface area contributed by atoms with Gasteiger partial charge in [0.1, 0.15) is 0 Å². The standard InChI is InChI=1S/C32H25Cl2N3O3S/c1-3-25-28(31(39)40-2)29(19-9-5-4-6-10-19)37-30(38)27(41-32(37)35-25)15-21-18-36(26-12-8-7-11-23(21)26)17-20-13-14-22(33)16-24(20)34/h4-16,18,29H,3,17H2,1-2H3/b27-15+/t29-/m1/s1. The molecular formula is C32H25Cl2N3O3S. The van der Waals surface area contributed by atoms with Crippen molar-refractivity contribution in [1.29, 1.82) is 0 Å². The highest BCUT2D eigenvalue weighted by Crippen LogP contribution is 2.32. The summed E-state index contributed by atoms with van der Waals surface area (Å²) in [5, 5.41) is 2.19. The molecule has 0 saturated heterocycles. The molecule has 0 saturated carbocycles. The lowest BCUT2D eigenvalue weighted by atomic mass is 9.95. The summed E-state index contributed by atoms with van der Waals surface area (Å²) in [5.74, 6) is -0.488. The van der Waals surface area contributed by atoms with Crippen LogP contribution in [0.5, 0.6) is 0 Å². The van der Waals surface area contributed by atoms with Crippen LogP contribution in [0.1, 0.15) is 36.1 Å². The number of aromatic nitrogens is 2. The second-order valence-corrected chi connectivity index (χ2v) is 11.5. The van der Waals surface area contributed by atoms with Gasteiger partial charge in [-0.25, -0.2) is 9.79 Å². The van der Waals surface area contributed by atoms with E-state index in [-0.39, 0.29) is 5.56 Å². The number of halogens is 2. The molecule has 0 N–H and O–H groups in total. The SMILES string of the molecule is CCC1=C(C(=O)OC)[C@@H](c2ccccc2)n2c(s/c(=C/c3cn(Cc4ccc(Cl)cc4Cl)c4ccccc34)c2=O)=N1. The molecule has 0 bridgehead atoms. The molecule has 41 heavy (non-hydrogen) atoms. The van der Waals surface area contributed by atoms with Crippen molar-refractivity contribution in [3.63, 3.8) is 0 Å². The molecule has 6 nitrogen and oxygen atoms in total. The van der Waals surface area contributed by atoms with E-state index >= 15 is 0 Å². The number of carbonyl (C=O) groups excluding carboxylic acids is 1. The summed E-state index contributed by atoms with van der Waals surface area (Å²) in [6, 6.07) is 22.4. The Morgan fingerprint density at radius 1 is 1.07 bits per heavy atom. The van der Waals surface area contributed by atoms with Gasteiger partial charge in [0.2, 0.25) is 0 Å². The molecule has 0 amide bonds. The zero-order valence-corrected chi connectivity index (χ0v) is 24.6. The van der Waals surface area contributed by atoms with Gasteiger partial charge in [0.05, 0.1) is 29.0 Å². The van der Waals surface area contributed by atoms with Gasteiger partial charge in [-0.1, -0.05) is 96.1 Å². The lowest BCUT2D eigenvalue weighted by Gasteiger charge is -2.25. The van der Waals surface area contributed by atoms with Crippen LogP contribution in [0.15, 0.2) is 100 Å². The fourth-order valence-electron chi connectivity index (χ4n) is 5.31. The number of ether oxygens (including phenoxy) is 1. The van der Waals surface area contributed by atoms with Crippen LogP contribution in [-0.4, -0.2) is 22.2 Å². The first-order valence-corrected chi connectivity index (χ1v) is 14.7. The number of hydrogen-bond donors (Lipinski definition) is 0. The van der Waals surface area contributed by atoms with Crippen molar-refractivity contribution in [2.24, 2.45) is 4.99 Å². The number of allylic oxidation sites excluding steroid dienone is 1. The first-order valence-electron chi connectivity index (χ1n) is 13.1. The predicted molar refractivity (Wildman–Crippen MR) is 164 cm³/mol. The lowest BCUT2D eigenvalue weighted by molar-refractivity contribution is -0.136. The number of methoxy groups -OCH3 is 1. The summed E-state index contributed by atoms with van der Waals surface area (Å²) in [4.78, 5) is 32.4. The Morgan fingerprint density at radius 2 is 1.83 bits per heavy atom. The number of benzene rings is 3. The molecule has 0 spiro atoms. The maximum Gasteiger partial charge on any atom is 0.338 e. The maximum absolute atomic E-state index is 14.0. The summed E-state index contributed by atoms with van der Waals surface area (Å²) >= 11 is 13.9. The minimum absolute atomic E-state index is 0.211. The molecule has 3 heterocycles. The topological polar surface area (TPSA) is 65.6 Å². The Balaban J connectivity index is 1.53. The fraction of sp³-hybridized carbons (Fsp3) is 0.156. The molecule has 6 rings (SSSR count). The van der Waals surface area contributed by atoms with E-state index in [2.05, 4.69) is 4.57 Å². The highest BCUT2D eigenvalue weighted by Gasteiger charge is 2.33. The number of esters is 1. The van der Waals surface area contributed by atoms with E-state index in [4.69, 9.17) is 32.9 Å². The summed E-state index contributed by atoms with van der Waals surface area (Å²) in [5.41, 5.74) is 4.46. The van der Waals surface area contributed by atoms with Crippen molar-refractivity contribution in [3.8, 4) is 0 Å². The van der Waals surface area contributed by atoms with E-state index in [0.29, 0.717) is 43.6 Å². The molecule has 1 aliphatic rings. The molecule has 0 fully saturated rings. The zero-order chi connectivity index (χ0) is 28.7. The van der Waals surface area contributed by atoms with Crippen LogP contribution in [0.3, 0.4) is 0 Å². The quantitative estimate of drug-likeness (QED) is 0.221. The summed E-state index contributed by atoms with van der Waals surface area (Å²) in [7, 11) is 1.35. The average Bonchev–Trinajstić information content (AvgIpc) is 3.50. The molecule has 5 aromatic rings. The van der Waals surface area contributed by atoms with Gasteiger partial charge < -0.3 is 9.30 Å². The van der Waals surface area contributed by atoms with E-state index in [1.165, 1.54) is 18.4 Å². The van der Waals surface area contributed by atoms with Crippen LogP contribution in [0, 0.1) is 0 Å². The Hall–Kier alpha value is -3.91. The van der Waals surface area contributed by atoms with E-state index < -0.39 is 12.0 Å². The van der Waals surface area contributed by atoms with Gasteiger partial charge in [-0.15, -0.1) is 0 Å². The third-order valence-corrected chi connectivity index (χ3v) is 8.80. The third-order valence-electron chi connectivity index (χ3n) is 7.23. The van der Waals surface area contributed by atoms with Gasteiger partial charge >= 0.3 is 5.97 Å². The molecule has 1 aliphatic heterocycles. The van der Waals surface area contributed by atoms with Crippen LogP contribution in [-0.2, 0) is 16.1 Å². The fourth-order valence-corrected chi connectivity index (χ4v) is 6.79. The van der Waals surface area contributed by atoms with Crippen molar-refractivity contribution < 1.29 is 9.53 Å². The van der Waals surface area contributed by atoms with Crippen molar-refractivity contribution in [2.75, 3.05) is 7.11 Å². The van der Waals surface area contributed by atoms with E-state index in [1.807, 2.05) is 85.9 Å². The van der Waals surface area contributed by atoms with Gasteiger partial charge in [-0.2, -0.15) is 0 Å². The molecule has 2 aromatic heterocycles. The Bertz CT molecular complexity index is 2020. The number of nitrogens with zero attached hydrogens (tertiary/aromatic N) is 3. The van der Waals surface area contributed by atoms with Crippen molar-refractivity contribution >= 4 is 57.5 Å². The number of fused-ring (bicyclic) bond motifs is 2. The molecular weight excluding hydrogens is 577 g/mol. The zero-order valence-electron chi connectivity index (χ0n) is 22.3. The molecule has 0 aliphatic carbocycles. The summed E-state index contributed by atoms with van der Waals surface area (Å²) < 4.78 is 9.41. The van der Waals surface area contributed by atoms with Crippen LogP contribution < -0.4 is 14.9 Å². The lowest BCUT2D eigenvalue weighted by Crippen LogP contribution is -2.40. The molecule has 3 aromatic carbocycles. The maximum atomic E-state index is 14.0. The van der Waals surface area contributed by atoms with Crippen molar-refractivity contribution in [2.45, 2.75) is 25.9 Å². The Labute approximate surface area is 250 Å². The molecule has 0 radical (unpaired) electrons. The van der Waals surface area contributed by atoms with E-state index in [9.17, 15) is 9.59 Å². The molecule has 206 valence electrons. The summed E-state index contributed by atoms with van der Waals surface area (Å²) in [6.45, 7) is 2.49. The minimum Gasteiger partial charge on any atom is -0.466 e. The highest BCUT2D eigenvalue weighted by molar-refractivity contribution is 7.07. The van der Waals surface area contributed by atoms with Crippen LogP contribution in [0.2, 0.25) is 10.0 Å². The Kier molecular flexibility index (Phi) is 7.43. The number of carbonyl (C=O) groups is 1. The van der Waals surface area contributed by atoms with Gasteiger partial charge in [-0.05, 0) is 41.8 Å². The first-order chi connectivity index (χ1) is 19.9. The van der Waals surface area contributed by atoms with E-state index in [0.717, 1.165) is 27.6 Å². The summed E-state index contributed by atoms with van der Waals surface area (Å²) in [6.07, 6.45) is 4.46. The van der Waals surface area contributed by atoms with Crippen LogP contribution >= 0.6 is 34.5 Å². The average molecular weight is 603 g/mol. The van der Waals surface area contributed by atoms with E-state index in [1.54, 1.807) is 10.6 Å². The second kappa shape index (κ2) is 11.2. The van der Waals surface area contributed by atoms with Crippen molar-refractivity contribution in [1.82, 2.24) is 9.13 Å². The number of para-hydroxylation sites is 1. The highest BCUT2D eigenvalue weighted by atomic mass is 35.5. The third kappa shape index (κ3) is 4.95. The number of hydrogen-bond acceptors (Lipinski definition) is 5. The number of thiazole rings is 1. The number of rotatable bonds is 6. The molecule has 0 unspecified atom stereocenters.